The van der Waals surface area contributed by atoms with E-state index in [1.807, 2.05) is 19.1 Å². The highest BCUT2D eigenvalue weighted by Crippen LogP contribution is 2.20. The average Bonchev–Trinajstić information content (AvgIpc) is 2.38. The number of carbonyl (C=O) groups excluding carboxylic acids is 1. The predicted molar refractivity (Wildman–Crippen MR) is 65.4 cm³/mol. The van der Waals surface area contributed by atoms with Crippen molar-refractivity contribution < 1.29 is 9.53 Å². The van der Waals surface area contributed by atoms with Gasteiger partial charge in [0.05, 0.1) is 12.7 Å². The monoisotopic (exact) mass is 227 g/mol. The molecule has 17 heavy (non-hydrogen) atoms. The largest absolute Gasteiger partial charge is 0.496 e. The summed E-state index contributed by atoms with van der Waals surface area (Å²) in [6, 6.07) is 10.7. The zero-order valence-electron chi connectivity index (χ0n) is 9.81. The standard InChI is InChI=1S/C14H13NO2/c1-10-9-11(7-8-15-10)14(16)12-5-3-4-6-13(12)17-2/h3-9H,1-2H3. The lowest BCUT2D eigenvalue weighted by atomic mass is 10.0. The molecule has 0 N–H and O–H groups in total. The average molecular weight is 227 g/mol. The minimum absolute atomic E-state index is 0.0482. The lowest BCUT2D eigenvalue weighted by Crippen LogP contribution is -2.04. The third-order valence-corrected chi connectivity index (χ3v) is 2.51. The summed E-state index contributed by atoms with van der Waals surface area (Å²) in [6.07, 6.45) is 1.64. The molecule has 1 heterocycles. The molecule has 0 bridgehead atoms. The number of rotatable bonds is 3. The molecule has 3 nitrogen and oxygen atoms in total. The fourth-order valence-corrected chi connectivity index (χ4v) is 1.67. The zero-order chi connectivity index (χ0) is 12.3. The molecule has 0 unspecified atom stereocenters. The third kappa shape index (κ3) is 2.33. The van der Waals surface area contributed by atoms with Gasteiger partial charge in [0.25, 0.3) is 0 Å². The van der Waals surface area contributed by atoms with E-state index in [0.29, 0.717) is 16.9 Å². The lowest BCUT2D eigenvalue weighted by Gasteiger charge is -2.07. The Labute approximate surface area is 100 Å². The van der Waals surface area contributed by atoms with Gasteiger partial charge in [-0.1, -0.05) is 12.1 Å². The van der Waals surface area contributed by atoms with Gasteiger partial charge in [-0.15, -0.1) is 0 Å². The van der Waals surface area contributed by atoms with Gasteiger partial charge in [0.1, 0.15) is 5.75 Å². The first kappa shape index (κ1) is 11.3. The number of hydrogen-bond donors (Lipinski definition) is 0. The van der Waals surface area contributed by atoms with Crippen LogP contribution in [0.2, 0.25) is 0 Å². The van der Waals surface area contributed by atoms with Gasteiger partial charge in [0.15, 0.2) is 5.78 Å². The number of carbonyl (C=O) groups is 1. The van der Waals surface area contributed by atoms with E-state index in [2.05, 4.69) is 4.98 Å². The van der Waals surface area contributed by atoms with Crippen molar-refractivity contribution in [2.45, 2.75) is 6.92 Å². The Bertz CT molecular complexity index is 549. The number of aryl methyl sites for hydroxylation is 1. The zero-order valence-corrected chi connectivity index (χ0v) is 9.81. The highest BCUT2D eigenvalue weighted by molar-refractivity contribution is 6.10. The Balaban J connectivity index is 2.44. The predicted octanol–water partition coefficient (Wildman–Crippen LogP) is 2.63. The van der Waals surface area contributed by atoms with Crippen LogP contribution in [0, 0.1) is 6.92 Å². The molecule has 0 spiro atoms. The fourth-order valence-electron chi connectivity index (χ4n) is 1.67. The van der Waals surface area contributed by atoms with Crippen molar-refractivity contribution in [2.24, 2.45) is 0 Å². The second-order valence-electron chi connectivity index (χ2n) is 3.72. The van der Waals surface area contributed by atoms with Crippen LogP contribution in [0.15, 0.2) is 42.6 Å². The van der Waals surface area contributed by atoms with Crippen molar-refractivity contribution in [1.29, 1.82) is 0 Å². The molecule has 2 aromatic rings. The summed E-state index contributed by atoms with van der Waals surface area (Å²) in [5.41, 5.74) is 2.02. The van der Waals surface area contributed by atoms with Gasteiger partial charge >= 0.3 is 0 Å². The van der Waals surface area contributed by atoms with Gasteiger partial charge in [-0.2, -0.15) is 0 Å². The van der Waals surface area contributed by atoms with Crippen LogP contribution in [0.25, 0.3) is 0 Å². The highest BCUT2D eigenvalue weighted by Gasteiger charge is 2.13. The molecule has 0 fully saturated rings. The molecule has 0 amide bonds. The van der Waals surface area contributed by atoms with Crippen molar-refractivity contribution in [3.05, 3.63) is 59.4 Å². The molecular weight excluding hydrogens is 214 g/mol. The minimum Gasteiger partial charge on any atom is -0.496 e. The Hall–Kier alpha value is -2.16. The Morgan fingerprint density at radius 2 is 2.00 bits per heavy atom. The quantitative estimate of drug-likeness (QED) is 0.757. The number of nitrogens with zero attached hydrogens (tertiary/aromatic N) is 1. The summed E-state index contributed by atoms with van der Waals surface area (Å²) in [5.74, 6) is 0.542. The summed E-state index contributed by atoms with van der Waals surface area (Å²) >= 11 is 0. The lowest BCUT2D eigenvalue weighted by molar-refractivity contribution is 0.103. The van der Waals surface area contributed by atoms with Crippen LogP contribution in [0.3, 0.4) is 0 Å². The van der Waals surface area contributed by atoms with Crippen molar-refractivity contribution >= 4 is 5.78 Å². The number of para-hydroxylation sites is 1. The van der Waals surface area contributed by atoms with Crippen LogP contribution < -0.4 is 4.74 Å². The Morgan fingerprint density at radius 3 is 2.71 bits per heavy atom. The van der Waals surface area contributed by atoms with Crippen molar-refractivity contribution in [3.8, 4) is 5.75 Å². The topological polar surface area (TPSA) is 39.2 Å². The summed E-state index contributed by atoms with van der Waals surface area (Å²) in [7, 11) is 1.56. The number of ether oxygens (including phenoxy) is 1. The molecule has 0 radical (unpaired) electrons. The Kier molecular flexibility index (Phi) is 3.19. The van der Waals surface area contributed by atoms with Gasteiger partial charge in [0.2, 0.25) is 0 Å². The van der Waals surface area contributed by atoms with E-state index in [0.717, 1.165) is 5.69 Å². The van der Waals surface area contributed by atoms with Gasteiger partial charge in [-0.25, -0.2) is 0 Å². The first-order valence-corrected chi connectivity index (χ1v) is 5.33. The van der Waals surface area contributed by atoms with Crippen molar-refractivity contribution in [2.75, 3.05) is 7.11 Å². The SMILES string of the molecule is COc1ccccc1C(=O)c1ccnc(C)c1. The molecule has 86 valence electrons. The van der Waals surface area contributed by atoms with Crippen LogP contribution in [-0.2, 0) is 0 Å². The maximum absolute atomic E-state index is 12.3. The third-order valence-electron chi connectivity index (χ3n) is 2.51. The molecular formula is C14H13NO2. The highest BCUT2D eigenvalue weighted by atomic mass is 16.5. The van der Waals surface area contributed by atoms with E-state index in [1.165, 1.54) is 0 Å². The van der Waals surface area contributed by atoms with E-state index < -0.39 is 0 Å². The molecule has 0 saturated carbocycles. The van der Waals surface area contributed by atoms with Crippen LogP contribution in [0.1, 0.15) is 21.6 Å². The smallest absolute Gasteiger partial charge is 0.196 e. The van der Waals surface area contributed by atoms with E-state index in [1.54, 1.807) is 37.6 Å². The van der Waals surface area contributed by atoms with Crippen LogP contribution in [0.4, 0.5) is 0 Å². The molecule has 1 aromatic carbocycles. The molecule has 1 aromatic heterocycles. The molecule has 0 atom stereocenters. The normalized spacial score (nSPS) is 10.0. The molecule has 2 rings (SSSR count). The summed E-state index contributed by atoms with van der Waals surface area (Å²) in [6.45, 7) is 1.86. The number of benzene rings is 1. The van der Waals surface area contributed by atoms with E-state index in [9.17, 15) is 4.79 Å². The first-order chi connectivity index (χ1) is 8.22. The van der Waals surface area contributed by atoms with Crippen molar-refractivity contribution in [1.82, 2.24) is 4.98 Å². The van der Waals surface area contributed by atoms with Gasteiger partial charge < -0.3 is 4.74 Å². The summed E-state index contributed by atoms with van der Waals surface area (Å²) in [5, 5.41) is 0. The van der Waals surface area contributed by atoms with Gasteiger partial charge in [-0.3, -0.25) is 9.78 Å². The number of ketones is 1. The number of aromatic nitrogens is 1. The van der Waals surface area contributed by atoms with Gasteiger partial charge in [-0.05, 0) is 31.2 Å². The molecule has 3 heteroatoms. The summed E-state index contributed by atoms with van der Waals surface area (Å²) < 4.78 is 5.18. The number of methoxy groups -OCH3 is 1. The summed E-state index contributed by atoms with van der Waals surface area (Å²) in [4.78, 5) is 16.3. The second kappa shape index (κ2) is 4.78. The Morgan fingerprint density at radius 1 is 1.24 bits per heavy atom. The number of hydrogen-bond acceptors (Lipinski definition) is 3. The molecule has 0 aliphatic rings. The fraction of sp³-hybridized carbons (Fsp3) is 0.143. The molecule has 0 aliphatic heterocycles. The van der Waals surface area contributed by atoms with Crippen LogP contribution in [-0.4, -0.2) is 17.9 Å². The minimum atomic E-state index is -0.0482. The second-order valence-corrected chi connectivity index (χ2v) is 3.72. The van der Waals surface area contributed by atoms with Crippen molar-refractivity contribution in [3.63, 3.8) is 0 Å². The van der Waals surface area contributed by atoms with E-state index >= 15 is 0 Å². The number of pyridine rings is 1. The maximum atomic E-state index is 12.3. The van der Waals surface area contributed by atoms with Crippen LogP contribution >= 0.6 is 0 Å². The maximum Gasteiger partial charge on any atom is 0.196 e. The first-order valence-electron chi connectivity index (χ1n) is 5.33. The van der Waals surface area contributed by atoms with E-state index in [-0.39, 0.29) is 5.78 Å². The molecule has 0 saturated heterocycles. The van der Waals surface area contributed by atoms with Gasteiger partial charge in [0, 0.05) is 17.5 Å². The molecule has 0 aliphatic carbocycles. The van der Waals surface area contributed by atoms with E-state index in [4.69, 9.17) is 4.74 Å². The van der Waals surface area contributed by atoms with Crippen LogP contribution in [0.5, 0.6) is 5.75 Å².